The van der Waals surface area contributed by atoms with Crippen molar-refractivity contribution >= 4 is 27.0 Å². The summed E-state index contributed by atoms with van der Waals surface area (Å²) in [4.78, 5) is 0.412. The monoisotopic (exact) mass is 315 g/mol. The first-order valence-corrected chi connectivity index (χ1v) is 8.54. The number of nitrogens with two attached hydrogens (primary N) is 1. The van der Waals surface area contributed by atoms with Gasteiger partial charge in [0.25, 0.3) is 0 Å². The Hall–Kier alpha value is -0.980. The van der Waals surface area contributed by atoms with Crippen molar-refractivity contribution in [2.45, 2.75) is 31.8 Å². The van der Waals surface area contributed by atoms with Crippen molar-refractivity contribution in [1.82, 2.24) is 0 Å². The highest BCUT2D eigenvalue weighted by atomic mass is 32.2. The Labute approximate surface area is 126 Å². The average molecular weight is 315 g/mol. The maximum Gasteiger partial charge on any atom is 0.180 e. The Balaban J connectivity index is 2.74. The van der Waals surface area contributed by atoms with Gasteiger partial charge in [0.1, 0.15) is 4.99 Å². The Kier molecular flexibility index (Phi) is 6.10. The summed E-state index contributed by atoms with van der Waals surface area (Å²) in [5.41, 5.74) is 6.06. The van der Waals surface area contributed by atoms with Gasteiger partial charge < -0.3 is 10.5 Å². The standard InChI is InChI=1S/C14H21NO3S2/c1-10(2)11(3)18-7-8-20(16,17)13-6-4-5-12(9-13)14(15)19/h4-6,9-11H,7-8H2,1-3H3,(H2,15,19). The zero-order valence-corrected chi connectivity index (χ0v) is 13.6. The Morgan fingerprint density at radius 1 is 1.35 bits per heavy atom. The maximum atomic E-state index is 12.2. The van der Waals surface area contributed by atoms with E-state index in [9.17, 15) is 8.42 Å². The fourth-order valence-corrected chi connectivity index (χ4v) is 2.77. The van der Waals surface area contributed by atoms with E-state index in [2.05, 4.69) is 0 Å². The molecule has 0 aliphatic heterocycles. The van der Waals surface area contributed by atoms with Crippen LogP contribution in [0.2, 0.25) is 0 Å². The molecule has 0 amide bonds. The average Bonchev–Trinajstić information content (AvgIpc) is 2.38. The van der Waals surface area contributed by atoms with Crippen LogP contribution < -0.4 is 5.73 Å². The van der Waals surface area contributed by atoms with Crippen molar-refractivity contribution in [3.63, 3.8) is 0 Å². The van der Waals surface area contributed by atoms with Crippen LogP contribution in [0.1, 0.15) is 26.3 Å². The van der Waals surface area contributed by atoms with Gasteiger partial charge >= 0.3 is 0 Å². The van der Waals surface area contributed by atoms with Crippen molar-refractivity contribution < 1.29 is 13.2 Å². The summed E-state index contributed by atoms with van der Waals surface area (Å²) in [7, 11) is -3.38. The maximum absolute atomic E-state index is 12.2. The Morgan fingerprint density at radius 2 is 2.00 bits per heavy atom. The number of hydrogen-bond donors (Lipinski definition) is 1. The Morgan fingerprint density at radius 3 is 2.55 bits per heavy atom. The van der Waals surface area contributed by atoms with E-state index in [0.29, 0.717) is 11.5 Å². The largest absolute Gasteiger partial charge is 0.389 e. The lowest BCUT2D eigenvalue weighted by Crippen LogP contribution is -2.21. The van der Waals surface area contributed by atoms with Crippen LogP contribution in [0.5, 0.6) is 0 Å². The Bertz CT molecular complexity index is 568. The summed E-state index contributed by atoms with van der Waals surface area (Å²) in [5.74, 6) is 0.306. The van der Waals surface area contributed by atoms with E-state index < -0.39 is 9.84 Å². The minimum Gasteiger partial charge on any atom is -0.389 e. The highest BCUT2D eigenvalue weighted by Gasteiger charge is 2.16. The molecule has 2 N–H and O–H groups in total. The van der Waals surface area contributed by atoms with Crippen LogP contribution in [-0.4, -0.2) is 31.9 Å². The molecule has 0 bridgehead atoms. The molecule has 4 nitrogen and oxygen atoms in total. The third-order valence-electron chi connectivity index (χ3n) is 3.15. The van der Waals surface area contributed by atoms with Crippen LogP contribution in [0.3, 0.4) is 0 Å². The molecule has 1 rings (SSSR count). The van der Waals surface area contributed by atoms with Gasteiger partial charge in [-0.15, -0.1) is 0 Å². The molecule has 0 aromatic heterocycles. The molecule has 0 aliphatic rings. The van der Waals surface area contributed by atoms with Crippen molar-refractivity contribution in [1.29, 1.82) is 0 Å². The number of benzene rings is 1. The van der Waals surface area contributed by atoms with Crippen molar-refractivity contribution in [3.05, 3.63) is 29.8 Å². The summed E-state index contributed by atoms with van der Waals surface area (Å²) in [5, 5.41) is 0. The third-order valence-corrected chi connectivity index (χ3v) is 5.06. The first-order valence-electron chi connectivity index (χ1n) is 6.48. The summed E-state index contributed by atoms with van der Waals surface area (Å²) in [6.45, 7) is 6.18. The van der Waals surface area contributed by atoms with Gasteiger partial charge in [0.15, 0.2) is 9.84 Å². The SMILES string of the molecule is CC(C)C(C)OCCS(=O)(=O)c1cccc(C(N)=S)c1. The normalized spacial score (nSPS) is 13.4. The van der Waals surface area contributed by atoms with E-state index in [4.69, 9.17) is 22.7 Å². The zero-order chi connectivity index (χ0) is 15.3. The minimum absolute atomic E-state index is 0.0353. The van der Waals surface area contributed by atoms with Crippen molar-refractivity contribution in [2.24, 2.45) is 11.7 Å². The van der Waals surface area contributed by atoms with Crippen molar-refractivity contribution in [3.8, 4) is 0 Å². The summed E-state index contributed by atoms with van der Waals surface area (Å²) >= 11 is 4.85. The van der Waals surface area contributed by atoms with E-state index in [0.717, 1.165) is 0 Å². The number of rotatable bonds is 7. The lowest BCUT2D eigenvalue weighted by molar-refractivity contribution is 0.0455. The van der Waals surface area contributed by atoms with Crippen molar-refractivity contribution in [2.75, 3.05) is 12.4 Å². The zero-order valence-electron chi connectivity index (χ0n) is 12.0. The van der Waals surface area contributed by atoms with E-state index in [1.807, 2.05) is 20.8 Å². The molecular formula is C14H21NO3S2. The molecule has 0 heterocycles. The predicted octanol–water partition coefficient (Wildman–Crippen LogP) is 2.16. The summed E-state index contributed by atoms with van der Waals surface area (Å²) in [6, 6.07) is 6.38. The van der Waals surface area contributed by atoms with Crippen LogP contribution in [0.15, 0.2) is 29.2 Å². The molecule has 0 saturated heterocycles. The molecule has 0 spiro atoms. The van der Waals surface area contributed by atoms with Gasteiger partial charge in [0.05, 0.1) is 23.4 Å². The fraction of sp³-hybridized carbons (Fsp3) is 0.500. The predicted molar refractivity (Wildman–Crippen MR) is 84.6 cm³/mol. The molecule has 20 heavy (non-hydrogen) atoms. The van der Waals surface area contributed by atoms with Crippen LogP contribution in [0.4, 0.5) is 0 Å². The minimum atomic E-state index is -3.38. The van der Waals surface area contributed by atoms with Crippen LogP contribution in [-0.2, 0) is 14.6 Å². The van der Waals surface area contributed by atoms with Gasteiger partial charge in [-0.05, 0) is 25.0 Å². The topological polar surface area (TPSA) is 69.4 Å². The summed E-state index contributed by atoms with van der Waals surface area (Å²) < 4.78 is 29.9. The van der Waals surface area contributed by atoms with Crippen LogP contribution >= 0.6 is 12.2 Å². The first-order chi connectivity index (χ1) is 9.24. The lowest BCUT2D eigenvalue weighted by atomic mass is 10.1. The number of sulfone groups is 1. The third kappa shape index (κ3) is 4.85. The molecule has 1 atom stereocenters. The second-order valence-electron chi connectivity index (χ2n) is 5.03. The molecule has 0 saturated carbocycles. The van der Waals surface area contributed by atoms with Gasteiger partial charge in [-0.25, -0.2) is 8.42 Å². The molecule has 0 radical (unpaired) electrons. The van der Waals surface area contributed by atoms with E-state index in [1.165, 1.54) is 6.07 Å². The van der Waals surface area contributed by atoms with Gasteiger partial charge in [0, 0.05) is 5.56 Å². The molecule has 1 unspecified atom stereocenters. The van der Waals surface area contributed by atoms with E-state index in [1.54, 1.807) is 18.2 Å². The second kappa shape index (κ2) is 7.15. The number of hydrogen-bond acceptors (Lipinski definition) is 4. The summed E-state index contributed by atoms with van der Waals surface area (Å²) in [6.07, 6.45) is 0.0353. The van der Waals surface area contributed by atoms with E-state index in [-0.39, 0.29) is 28.3 Å². The molecular weight excluding hydrogens is 294 g/mol. The van der Waals surface area contributed by atoms with Gasteiger partial charge in [-0.3, -0.25) is 0 Å². The molecule has 1 aromatic rings. The molecule has 0 fully saturated rings. The highest BCUT2D eigenvalue weighted by molar-refractivity contribution is 7.91. The molecule has 0 aliphatic carbocycles. The quantitative estimate of drug-likeness (QED) is 0.781. The second-order valence-corrected chi connectivity index (χ2v) is 7.58. The lowest BCUT2D eigenvalue weighted by Gasteiger charge is -2.16. The molecule has 6 heteroatoms. The van der Waals surface area contributed by atoms with Crippen LogP contribution in [0, 0.1) is 5.92 Å². The molecule has 112 valence electrons. The first kappa shape index (κ1) is 17.1. The number of thiocarbonyl (C=S) groups is 1. The molecule has 1 aromatic carbocycles. The van der Waals surface area contributed by atoms with Gasteiger partial charge in [-0.2, -0.15) is 0 Å². The van der Waals surface area contributed by atoms with Gasteiger partial charge in [0.2, 0.25) is 0 Å². The van der Waals surface area contributed by atoms with Gasteiger partial charge in [-0.1, -0.05) is 38.2 Å². The number of ether oxygens (including phenoxy) is 1. The smallest absolute Gasteiger partial charge is 0.180 e. The van der Waals surface area contributed by atoms with E-state index >= 15 is 0 Å². The fourth-order valence-electron chi connectivity index (χ4n) is 1.50. The highest BCUT2D eigenvalue weighted by Crippen LogP contribution is 2.14. The van der Waals surface area contributed by atoms with Crippen LogP contribution in [0.25, 0.3) is 0 Å².